The molecule has 2 aromatic rings. The first-order valence-corrected chi connectivity index (χ1v) is 8.12. The summed E-state index contributed by atoms with van der Waals surface area (Å²) in [6, 6.07) is 4.86. The third-order valence-corrected chi connectivity index (χ3v) is 2.87. The van der Waals surface area contributed by atoms with E-state index in [0.29, 0.717) is 5.39 Å². The van der Waals surface area contributed by atoms with Crippen LogP contribution in [-0.2, 0) is 9.47 Å². The lowest BCUT2D eigenvalue weighted by atomic mass is 10.1. The van der Waals surface area contributed by atoms with E-state index in [0.717, 1.165) is 5.39 Å². The number of hydrogen-bond donors (Lipinski definition) is 0. The second-order valence-electron chi connectivity index (χ2n) is 7.65. The molecule has 0 unspecified atom stereocenters. The second kappa shape index (κ2) is 7.19. The smallest absolute Gasteiger partial charge is 0.428 e. The van der Waals surface area contributed by atoms with Gasteiger partial charge in [-0.15, -0.1) is 0 Å². The number of pyridine rings is 1. The minimum absolute atomic E-state index is 0.0330. The molecule has 0 saturated heterocycles. The Labute approximate surface area is 152 Å². The van der Waals surface area contributed by atoms with Gasteiger partial charge in [0.05, 0.1) is 0 Å². The molecule has 0 atom stereocenters. The van der Waals surface area contributed by atoms with Crippen molar-refractivity contribution in [2.45, 2.75) is 52.7 Å². The first kappa shape index (κ1) is 19.5. The molecule has 0 fully saturated rings. The summed E-state index contributed by atoms with van der Waals surface area (Å²) < 4.78 is 20.8. The SMILES string of the molecule is CC(C)(C)OC(=O)Oc1cc2ccncc2cc1OC(=O)OC(C)(C)C. The van der Waals surface area contributed by atoms with Gasteiger partial charge in [0, 0.05) is 17.8 Å². The van der Waals surface area contributed by atoms with Gasteiger partial charge in [-0.25, -0.2) is 9.59 Å². The number of carbonyl (C=O) groups excluding carboxylic acids is 2. The molecule has 7 heteroatoms. The van der Waals surface area contributed by atoms with Gasteiger partial charge in [0.15, 0.2) is 11.5 Å². The first-order valence-electron chi connectivity index (χ1n) is 8.12. The Hall–Kier alpha value is -2.83. The molecule has 1 aromatic heterocycles. The van der Waals surface area contributed by atoms with Crippen molar-refractivity contribution in [1.29, 1.82) is 0 Å². The van der Waals surface area contributed by atoms with E-state index in [2.05, 4.69) is 4.98 Å². The molecule has 0 aliphatic carbocycles. The molecule has 0 aliphatic rings. The summed E-state index contributed by atoms with van der Waals surface area (Å²) >= 11 is 0. The first-order chi connectivity index (χ1) is 11.9. The third kappa shape index (κ3) is 5.91. The van der Waals surface area contributed by atoms with Gasteiger partial charge in [-0.2, -0.15) is 0 Å². The topological polar surface area (TPSA) is 84.0 Å². The van der Waals surface area contributed by atoms with E-state index in [4.69, 9.17) is 18.9 Å². The Balaban J connectivity index is 2.33. The second-order valence-corrected chi connectivity index (χ2v) is 7.65. The molecule has 0 aliphatic heterocycles. The van der Waals surface area contributed by atoms with Crippen LogP contribution in [0, 0.1) is 0 Å². The number of aromatic nitrogens is 1. The maximum atomic E-state index is 12.0. The molecule has 0 saturated carbocycles. The van der Waals surface area contributed by atoms with Gasteiger partial charge in [0.25, 0.3) is 0 Å². The summed E-state index contributed by atoms with van der Waals surface area (Å²) in [5, 5.41) is 1.47. The summed E-state index contributed by atoms with van der Waals surface area (Å²) in [7, 11) is 0. The summed E-state index contributed by atoms with van der Waals surface area (Å²) in [6.07, 6.45) is 1.40. The van der Waals surface area contributed by atoms with Crippen LogP contribution in [-0.4, -0.2) is 28.5 Å². The molecule has 140 valence electrons. The van der Waals surface area contributed by atoms with Gasteiger partial charge in [-0.1, -0.05) is 0 Å². The fourth-order valence-corrected chi connectivity index (χ4v) is 1.97. The van der Waals surface area contributed by atoms with Gasteiger partial charge in [0.2, 0.25) is 0 Å². The molecule has 2 rings (SSSR count). The number of ether oxygens (including phenoxy) is 4. The Morgan fingerprint density at radius 2 is 1.27 bits per heavy atom. The fraction of sp³-hybridized carbons (Fsp3) is 0.421. The van der Waals surface area contributed by atoms with Crippen LogP contribution in [0.1, 0.15) is 41.5 Å². The lowest BCUT2D eigenvalue weighted by Gasteiger charge is -2.21. The van der Waals surface area contributed by atoms with E-state index in [9.17, 15) is 9.59 Å². The van der Waals surface area contributed by atoms with Gasteiger partial charge in [-0.3, -0.25) is 4.98 Å². The Morgan fingerprint density at radius 1 is 0.808 bits per heavy atom. The summed E-state index contributed by atoms with van der Waals surface area (Å²) in [5.74, 6) is 0.0782. The standard InChI is InChI=1S/C19H23NO6/c1-18(2,3)25-16(21)23-14-9-12-7-8-20-11-13(12)10-15(14)24-17(22)26-19(4,5)6/h7-11H,1-6H3. The normalized spacial score (nSPS) is 11.8. The zero-order chi connectivity index (χ0) is 19.5. The molecular formula is C19H23NO6. The monoisotopic (exact) mass is 361 g/mol. The Bertz CT molecular complexity index is 748. The lowest BCUT2D eigenvalue weighted by Crippen LogP contribution is -2.27. The molecule has 0 amide bonds. The number of fused-ring (bicyclic) bond motifs is 1. The van der Waals surface area contributed by atoms with Crippen LogP contribution < -0.4 is 9.47 Å². The van der Waals surface area contributed by atoms with Crippen molar-refractivity contribution in [2.24, 2.45) is 0 Å². The number of rotatable bonds is 2. The van der Waals surface area contributed by atoms with E-state index in [-0.39, 0.29) is 11.5 Å². The average molecular weight is 361 g/mol. The highest BCUT2D eigenvalue weighted by molar-refractivity contribution is 5.87. The number of hydrogen-bond acceptors (Lipinski definition) is 7. The van der Waals surface area contributed by atoms with Gasteiger partial charge in [0.1, 0.15) is 11.2 Å². The van der Waals surface area contributed by atoms with E-state index >= 15 is 0 Å². The highest BCUT2D eigenvalue weighted by Gasteiger charge is 2.23. The predicted octanol–water partition coefficient (Wildman–Crippen LogP) is 4.86. The molecule has 1 heterocycles. The predicted molar refractivity (Wildman–Crippen MR) is 95.5 cm³/mol. The van der Waals surface area contributed by atoms with Crippen molar-refractivity contribution < 1.29 is 28.5 Å². The fourth-order valence-electron chi connectivity index (χ4n) is 1.97. The van der Waals surface area contributed by atoms with Crippen molar-refractivity contribution in [3.05, 3.63) is 30.6 Å². The minimum atomic E-state index is -0.908. The van der Waals surface area contributed by atoms with Crippen LogP contribution in [0.4, 0.5) is 9.59 Å². The maximum Gasteiger partial charge on any atom is 0.514 e. The van der Waals surface area contributed by atoms with Crippen molar-refractivity contribution in [3.8, 4) is 11.5 Å². The third-order valence-electron chi connectivity index (χ3n) is 2.87. The molecule has 7 nitrogen and oxygen atoms in total. The molecule has 26 heavy (non-hydrogen) atoms. The van der Waals surface area contributed by atoms with Gasteiger partial charge in [-0.05, 0) is 65.1 Å². The number of nitrogens with zero attached hydrogens (tertiary/aromatic N) is 1. The largest absolute Gasteiger partial charge is 0.514 e. The van der Waals surface area contributed by atoms with Crippen molar-refractivity contribution in [2.75, 3.05) is 0 Å². The molecule has 0 N–H and O–H groups in total. The summed E-state index contributed by atoms with van der Waals surface area (Å²) in [5.41, 5.74) is -1.44. The van der Waals surface area contributed by atoms with E-state index < -0.39 is 23.5 Å². The Morgan fingerprint density at radius 3 is 1.73 bits per heavy atom. The van der Waals surface area contributed by atoms with Crippen molar-refractivity contribution in [3.63, 3.8) is 0 Å². The number of benzene rings is 1. The quantitative estimate of drug-likeness (QED) is 0.557. The highest BCUT2D eigenvalue weighted by atomic mass is 16.8. The van der Waals surface area contributed by atoms with Gasteiger partial charge < -0.3 is 18.9 Å². The Kier molecular flexibility index (Phi) is 5.39. The van der Waals surface area contributed by atoms with Crippen LogP contribution in [0.25, 0.3) is 10.8 Å². The molecular weight excluding hydrogens is 338 g/mol. The summed E-state index contributed by atoms with van der Waals surface area (Å²) in [6.45, 7) is 10.3. The molecule has 0 bridgehead atoms. The lowest BCUT2D eigenvalue weighted by molar-refractivity contribution is 0.0138. The van der Waals surface area contributed by atoms with E-state index in [1.807, 2.05) is 0 Å². The number of carbonyl (C=O) groups is 2. The summed E-state index contributed by atoms with van der Waals surface area (Å²) in [4.78, 5) is 28.0. The van der Waals surface area contributed by atoms with Gasteiger partial charge >= 0.3 is 12.3 Å². The maximum absolute atomic E-state index is 12.0. The van der Waals surface area contributed by atoms with Crippen LogP contribution >= 0.6 is 0 Å². The minimum Gasteiger partial charge on any atom is -0.428 e. The van der Waals surface area contributed by atoms with Crippen LogP contribution in [0.5, 0.6) is 11.5 Å². The highest BCUT2D eigenvalue weighted by Crippen LogP contribution is 2.33. The van der Waals surface area contributed by atoms with Crippen LogP contribution in [0.3, 0.4) is 0 Å². The average Bonchev–Trinajstić information content (AvgIpc) is 2.43. The molecule has 1 aromatic carbocycles. The molecule has 0 spiro atoms. The van der Waals surface area contributed by atoms with Crippen molar-refractivity contribution >= 4 is 23.1 Å². The van der Waals surface area contributed by atoms with Crippen LogP contribution in [0.15, 0.2) is 30.6 Å². The van der Waals surface area contributed by atoms with E-state index in [1.54, 1.807) is 72.1 Å². The molecule has 0 radical (unpaired) electrons. The van der Waals surface area contributed by atoms with Crippen molar-refractivity contribution in [1.82, 2.24) is 4.98 Å². The zero-order valence-corrected chi connectivity index (χ0v) is 15.8. The van der Waals surface area contributed by atoms with Crippen LogP contribution in [0.2, 0.25) is 0 Å². The van der Waals surface area contributed by atoms with E-state index in [1.165, 1.54) is 0 Å². The zero-order valence-electron chi connectivity index (χ0n) is 15.8.